The molecule has 5 nitrogen and oxygen atoms in total. The Morgan fingerprint density at radius 3 is 2.48 bits per heavy atom. The Hall–Kier alpha value is -2.82. The van der Waals surface area contributed by atoms with Crippen molar-refractivity contribution in [1.29, 1.82) is 0 Å². The van der Waals surface area contributed by atoms with E-state index in [1.54, 1.807) is 23.9 Å². The molecule has 1 aliphatic heterocycles. The molecule has 2 aromatic heterocycles. The Morgan fingerprint density at radius 2 is 1.78 bits per heavy atom. The van der Waals surface area contributed by atoms with E-state index in [2.05, 4.69) is 24.3 Å². The lowest BCUT2D eigenvalue weighted by molar-refractivity contribution is 0.0681. The molecule has 3 aromatic rings. The summed E-state index contributed by atoms with van der Waals surface area (Å²) in [4.78, 5) is 27.3. The number of likely N-dealkylation sites (tertiary alicyclic amines) is 1. The van der Waals surface area contributed by atoms with Crippen LogP contribution in [0.5, 0.6) is 0 Å². The second kappa shape index (κ2) is 7.06. The number of rotatable bonds is 3. The summed E-state index contributed by atoms with van der Waals surface area (Å²) in [6.45, 7) is 1.55. The number of amides is 1. The topological polar surface area (TPSA) is 47.2 Å². The van der Waals surface area contributed by atoms with Crippen molar-refractivity contribution in [3.63, 3.8) is 0 Å². The van der Waals surface area contributed by atoms with E-state index in [9.17, 15) is 9.59 Å². The number of pyridine rings is 1. The molecule has 0 aliphatic carbocycles. The van der Waals surface area contributed by atoms with Crippen LogP contribution < -0.4 is 5.56 Å². The zero-order valence-corrected chi connectivity index (χ0v) is 15.9. The van der Waals surface area contributed by atoms with Crippen LogP contribution in [0.1, 0.15) is 28.9 Å². The highest BCUT2D eigenvalue weighted by Crippen LogP contribution is 2.24. The van der Waals surface area contributed by atoms with Crippen LogP contribution in [0.2, 0.25) is 0 Å². The molecule has 0 bridgehead atoms. The van der Waals surface area contributed by atoms with Crippen molar-refractivity contribution in [2.75, 3.05) is 13.1 Å². The van der Waals surface area contributed by atoms with Gasteiger partial charge in [0, 0.05) is 33.4 Å². The molecule has 0 radical (unpaired) electrons. The summed E-state index contributed by atoms with van der Waals surface area (Å²) in [5.74, 6) is 0.644. The van der Waals surface area contributed by atoms with E-state index in [0.717, 1.165) is 37.9 Å². The molecule has 1 saturated heterocycles. The summed E-state index contributed by atoms with van der Waals surface area (Å²) in [6, 6.07) is 14.2. The van der Waals surface area contributed by atoms with Gasteiger partial charge in [-0.1, -0.05) is 30.3 Å². The monoisotopic (exact) mass is 363 g/mol. The molecule has 0 atom stereocenters. The molecular formula is C22H25N3O2. The Kier molecular flexibility index (Phi) is 4.60. The first kappa shape index (κ1) is 17.6. The highest BCUT2D eigenvalue weighted by Gasteiger charge is 2.26. The molecule has 0 saturated carbocycles. The highest BCUT2D eigenvalue weighted by atomic mass is 16.2. The van der Waals surface area contributed by atoms with Gasteiger partial charge in [-0.15, -0.1) is 0 Å². The van der Waals surface area contributed by atoms with Crippen LogP contribution in [-0.4, -0.2) is 33.0 Å². The van der Waals surface area contributed by atoms with Crippen molar-refractivity contribution in [3.05, 3.63) is 70.3 Å². The predicted octanol–water partition coefficient (Wildman–Crippen LogP) is 2.97. The van der Waals surface area contributed by atoms with Crippen molar-refractivity contribution in [2.45, 2.75) is 19.3 Å². The number of hydrogen-bond donors (Lipinski definition) is 0. The summed E-state index contributed by atoms with van der Waals surface area (Å²) >= 11 is 0. The van der Waals surface area contributed by atoms with Crippen LogP contribution in [0.3, 0.4) is 0 Å². The summed E-state index contributed by atoms with van der Waals surface area (Å²) in [6.07, 6.45) is 4.86. The number of aromatic nitrogens is 2. The normalized spacial score (nSPS) is 15.4. The largest absolute Gasteiger partial charge is 0.339 e. The van der Waals surface area contributed by atoms with Crippen molar-refractivity contribution in [1.82, 2.24) is 14.0 Å². The molecule has 5 heteroatoms. The van der Waals surface area contributed by atoms with Gasteiger partial charge in [0.1, 0.15) is 5.69 Å². The summed E-state index contributed by atoms with van der Waals surface area (Å²) in [5, 5.41) is 0.602. The van der Waals surface area contributed by atoms with Crippen molar-refractivity contribution in [3.8, 4) is 0 Å². The van der Waals surface area contributed by atoms with Gasteiger partial charge < -0.3 is 14.0 Å². The predicted molar refractivity (Wildman–Crippen MR) is 107 cm³/mol. The van der Waals surface area contributed by atoms with Crippen molar-refractivity contribution < 1.29 is 4.79 Å². The number of carbonyl (C=O) groups is 1. The number of nitrogens with zero attached hydrogens (tertiary/aromatic N) is 3. The number of fused-ring (bicyclic) bond motifs is 1. The molecule has 3 heterocycles. The van der Waals surface area contributed by atoms with E-state index in [-0.39, 0.29) is 11.5 Å². The van der Waals surface area contributed by atoms with Crippen molar-refractivity contribution in [2.24, 2.45) is 20.0 Å². The van der Waals surface area contributed by atoms with Crippen LogP contribution in [-0.2, 0) is 20.5 Å². The van der Waals surface area contributed by atoms with Gasteiger partial charge in [0.05, 0.1) is 10.9 Å². The van der Waals surface area contributed by atoms with Crippen molar-refractivity contribution >= 4 is 16.8 Å². The maximum absolute atomic E-state index is 13.0. The third-order valence-electron chi connectivity index (χ3n) is 5.77. The molecule has 1 amide bonds. The lowest BCUT2D eigenvalue weighted by Gasteiger charge is -2.32. The average molecular weight is 363 g/mol. The van der Waals surface area contributed by atoms with Gasteiger partial charge in [-0.2, -0.15) is 0 Å². The zero-order valence-electron chi connectivity index (χ0n) is 15.9. The fourth-order valence-electron chi connectivity index (χ4n) is 4.09. The SMILES string of the molecule is Cn1ccc2c(cc(C(=O)N3CCC(Cc4ccccc4)CC3)n2C)c1=O. The Morgan fingerprint density at radius 1 is 1.07 bits per heavy atom. The number of hydrogen-bond acceptors (Lipinski definition) is 2. The molecule has 1 aliphatic rings. The van der Waals surface area contributed by atoms with Crippen LogP contribution in [0.25, 0.3) is 10.9 Å². The standard InChI is InChI=1S/C22H25N3O2/c1-23-11-10-19-18(21(23)26)15-20(24(19)2)22(27)25-12-8-17(9-13-25)14-16-6-4-3-5-7-16/h3-7,10-11,15,17H,8-9,12-14H2,1-2H3. The van der Waals surface area contributed by atoms with Gasteiger partial charge >= 0.3 is 0 Å². The third kappa shape index (κ3) is 3.29. The Bertz CT molecular complexity index is 1020. The molecule has 0 unspecified atom stereocenters. The molecule has 1 aromatic carbocycles. The van der Waals surface area contributed by atoms with E-state index >= 15 is 0 Å². The first-order valence-electron chi connectivity index (χ1n) is 9.53. The number of aryl methyl sites for hydroxylation is 2. The molecule has 1 fully saturated rings. The summed E-state index contributed by atoms with van der Waals surface area (Å²) in [5.41, 5.74) is 2.70. The van der Waals surface area contributed by atoms with E-state index in [1.165, 1.54) is 5.56 Å². The fraction of sp³-hybridized carbons (Fsp3) is 0.364. The molecule has 0 spiro atoms. The van der Waals surface area contributed by atoms with Gasteiger partial charge in [0.25, 0.3) is 11.5 Å². The minimum Gasteiger partial charge on any atom is -0.339 e. The van der Waals surface area contributed by atoms with Crippen LogP contribution in [0.4, 0.5) is 0 Å². The molecule has 4 rings (SSSR count). The minimum atomic E-state index is -0.0660. The molecular weight excluding hydrogens is 338 g/mol. The summed E-state index contributed by atoms with van der Waals surface area (Å²) in [7, 11) is 3.59. The maximum Gasteiger partial charge on any atom is 0.270 e. The molecule has 0 N–H and O–H groups in total. The molecule has 27 heavy (non-hydrogen) atoms. The lowest BCUT2D eigenvalue weighted by atomic mass is 9.90. The van der Waals surface area contributed by atoms with Gasteiger partial charge in [-0.3, -0.25) is 9.59 Å². The number of piperidine rings is 1. The van der Waals surface area contributed by atoms with E-state index in [1.807, 2.05) is 28.6 Å². The Labute approximate surface area is 158 Å². The lowest BCUT2D eigenvalue weighted by Crippen LogP contribution is -2.39. The third-order valence-corrected chi connectivity index (χ3v) is 5.77. The van der Waals surface area contributed by atoms with E-state index in [4.69, 9.17) is 0 Å². The second-order valence-corrected chi connectivity index (χ2v) is 7.54. The first-order chi connectivity index (χ1) is 13.0. The van der Waals surface area contributed by atoms with Gasteiger partial charge in [0.15, 0.2) is 0 Å². The number of benzene rings is 1. The first-order valence-corrected chi connectivity index (χ1v) is 9.53. The zero-order chi connectivity index (χ0) is 19.0. The quantitative estimate of drug-likeness (QED) is 0.718. The van der Waals surface area contributed by atoms with Crippen LogP contribution in [0.15, 0.2) is 53.5 Å². The smallest absolute Gasteiger partial charge is 0.270 e. The van der Waals surface area contributed by atoms with Crippen LogP contribution in [0, 0.1) is 5.92 Å². The second-order valence-electron chi connectivity index (χ2n) is 7.54. The number of carbonyl (C=O) groups excluding carboxylic acids is 1. The van der Waals surface area contributed by atoms with E-state index < -0.39 is 0 Å². The Balaban J connectivity index is 1.48. The van der Waals surface area contributed by atoms with Gasteiger partial charge in [0.2, 0.25) is 0 Å². The fourth-order valence-corrected chi connectivity index (χ4v) is 4.09. The van der Waals surface area contributed by atoms with E-state index in [0.29, 0.717) is 17.0 Å². The van der Waals surface area contributed by atoms with Gasteiger partial charge in [-0.05, 0) is 42.9 Å². The maximum atomic E-state index is 13.0. The minimum absolute atomic E-state index is 0.0221. The van der Waals surface area contributed by atoms with Gasteiger partial charge in [-0.25, -0.2) is 0 Å². The summed E-state index contributed by atoms with van der Waals surface area (Å²) < 4.78 is 3.39. The highest BCUT2D eigenvalue weighted by molar-refractivity contribution is 5.98. The molecule has 140 valence electrons. The van der Waals surface area contributed by atoms with Crippen LogP contribution >= 0.6 is 0 Å². The average Bonchev–Trinajstić information content (AvgIpc) is 3.03.